The van der Waals surface area contributed by atoms with Crippen molar-refractivity contribution >= 4 is 29.6 Å². The predicted octanol–water partition coefficient (Wildman–Crippen LogP) is 1.19. The van der Waals surface area contributed by atoms with E-state index in [2.05, 4.69) is 0 Å². The Hall–Kier alpha value is -2.52. The number of β-lactam (4-membered cyclic amide) rings is 1. The van der Waals surface area contributed by atoms with Crippen LogP contribution in [0, 0.1) is 0 Å². The van der Waals surface area contributed by atoms with Gasteiger partial charge in [0.05, 0.1) is 7.11 Å². The summed E-state index contributed by atoms with van der Waals surface area (Å²) in [7, 11) is 1.57. The zero-order valence-corrected chi connectivity index (χ0v) is 16.7. The summed E-state index contributed by atoms with van der Waals surface area (Å²) in [6, 6.07) is 6.45. The molecule has 2 aliphatic rings. The average molecular weight is 406 g/mol. The van der Waals surface area contributed by atoms with Gasteiger partial charge in [0.15, 0.2) is 0 Å². The number of carbonyl (C=O) groups excluding carboxylic acids is 3. The summed E-state index contributed by atoms with van der Waals surface area (Å²) in [6.45, 7) is 2.99. The SMILES string of the molecule is COc1ccc(COC(=O)C2=C(C(C)OC(C)=O)CS[C@@H]3[C@H](N)C(=O)N23)cc1. The highest BCUT2D eigenvalue weighted by Gasteiger charge is 2.52. The van der Waals surface area contributed by atoms with Crippen molar-refractivity contribution < 1.29 is 28.6 Å². The molecule has 0 aliphatic carbocycles. The Labute approximate surface area is 167 Å². The zero-order valence-electron chi connectivity index (χ0n) is 15.8. The number of nitrogens with zero attached hydrogens (tertiary/aromatic N) is 1. The van der Waals surface area contributed by atoms with Crippen molar-refractivity contribution in [2.75, 3.05) is 12.9 Å². The van der Waals surface area contributed by atoms with Crippen LogP contribution in [0.3, 0.4) is 0 Å². The van der Waals surface area contributed by atoms with Crippen LogP contribution in [0.25, 0.3) is 0 Å². The van der Waals surface area contributed by atoms with Gasteiger partial charge >= 0.3 is 11.9 Å². The van der Waals surface area contributed by atoms with Gasteiger partial charge < -0.3 is 19.9 Å². The second-order valence-corrected chi connectivity index (χ2v) is 7.59. The first-order valence-corrected chi connectivity index (χ1v) is 9.79. The van der Waals surface area contributed by atoms with Gasteiger partial charge in [-0.25, -0.2) is 4.79 Å². The number of carbonyl (C=O) groups is 3. The molecule has 1 saturated heterocycles. The lowest BCUT2D eigenvalue weighted by molar-refractivity contribution is -0.152. The van der Waals surface area contributed by atoms with Crippen molar-refractivity contribution in [2.24, 2.45) is 5.73 Å². The Morgan fingerprint density at radius 2 is 2.00 bits per heavy atom. The van der Waals surface area contributed by atoms with Crippen LogP contribution in [0.4, 0.5) is 0 Å². The molecule has 9 heteroatoms. The number of rotatable bonds is 6. The number of methoxy groups -OCH3 is 1. The van der Waals surface area contributed by atoms with Gasteiger partial charge in [-0.3, -0.25) is 14.5 Å². The molecule has 1 unspecified atom stereocenters. The second kappa shape index (κ2) is 8.24. The molecular formula is C19H22N2O6S. The minimum atomic E-state index is -0.654. The van der Waals surface area contributed by atoms with Crippen molar-refractivity contribution in [1.82, 2.24) is 4.90 Å². The molecule has 1 fully saturated rings. The topological polar surface area (TPSA) is 108 Å². The highest BCUT2D eigenvalue weighted by atomic mass is 32.2. The normalized spacial score (nSPS) is 22.1. The van der Waals surface area contributed by atoms with E-state index in [1.165, 1.54) is 23.6 Å². The van der Waals surface area contributed by atoms with Crippen LogP contribution < -0.4 is 10.5 Å². The van der Waals surface area contributed by atoms with Crippen LogP contribution in [0.5, 0.6) is 5.75 Å². The summed E-state index contributed by atoms with van der Waals surface area (Å²) in [4.78, 5) is 37.8. The van der Waals surface area contributed by atoms with Gasteiger partial charge in [-0.1, -0.05) is 12.1 Å². The van der Waals surface area contributed by atoms with E-state index in [-0.39, 0.29) is 23.6 Å². The molecule has 8 nitrogen and oxygen atoms in total. The summed E-state index contributed by atoms with van der Waals surface area (Å²) in [5, 5.41) is -0.315. The van der Waals surface area contributed by atoms with E-state index in [1.807, 2.05) is 0 Å². The Kier molecular flexibility index (Phi) is 5.95. The lowest BCUT2D eigenvalue weighted by Crippen LogP contribution is -2.68. The summed E-state index contributed by atoms with van der Waals surface area (Å²) in [5.41, 5.74) is 7.29. The Bertz CT molecular complexity index is 822. The number of fused-ring (bicyclic) bond motifs is 1. The van der Waals surface area contributed by atoms with E-state index < -0.39 is 24.1 Å². The first-order valence-electron chi connectivity index (χ1n) is 8.74. The molecule has 1 aromatic carbocycles. The third-order valence-electron chi connectivity index (χ3n) is 4.59. The number of esters is 2. The van der Waals surface area contributed by atoms with Crippen LogP contribution in [-0.4, -0.2) is 53.1 Å². The molecule has 0 spiro atoms. The number of ether oxygens (including phenoxy) is 3. The van der Waals surface area contributed by atoms with E-state index in [9.17, 15) is 14.4 Å². The number of benzene rings is 1. The monoisotopic (exact) mass is 406 g/mol. The highest BCUT2D eigenvalue weighted by Crippen LogP contribution is 2.41. The maximum atomic E-state index is 12.8. The molecule has 2 heterocycles. The number of thioether (sulfide) groups is 1. The van der Waals surface area contributed by atoms with Crippen LogP contribution in [0.1, 0.15) is 19.4 Å². The molecule has 150 valence electrons. The average Bonchev–Trinajstić information content (AvgIpc) is 2.70. The van der Waals surface area contributed by atoms with Crippen molar-refractivity contribution in [3.05, 3.63) is 41.1 Å². The van der Waals surface area contributed by atoms with Gasteiger partial charge in [0.2, 0.25) is 5.91 Å². The molecule has 0 bridgehead atoms. The van der Waals surface area contributed by atoms with Gasteiger partial charge in [-0.15, -0.1) is 11.8 Å². The van der Waals surface area contributed by atoms with Crippen LogP contribution >= 0.6 is 11.8 Å². The summed E-state index contributed by atoms with van der Waals surface area (Å²) < 4.78 is 15.8. The van der Waals surface area contributed by atoms with Crippen LogP contribution in [0.2, 0.25) is 0 Å². The van der Waals surface area contributed by atoms with E-state index in [0.717, 1.165) is 5.56 Å². The van der Waals surface area contributed by atoms with Crippen molar-refractivity contribution in [3.8, 4) is 5.75 Å². The first kappa shape index (κ1) is 20.2. The van der Waals surface area contributed by atoms with E-state index >= 15 is 0 Å². The molecule has 0 saturated carbocycles. The third-order valence-corrected chi connectivity index (χ3v) is 5.92. The predicted molar refractivity (Wildman–Crippen MR) is 102 cm³/mol. The maximum absolute atomic E-state index is 12.8. The molecule has 28 heavy (non-hydrogen) atoms. The fraction of sp³-hybridized carbons (Fsp3) is 0.421. The minimum Gasteiger partial charge on any atom is -0.497 e. The molecule has 3 rings (SSSR count). The molecule has 2 N–H and O–H groups in total. The van der Waals surface area contributed by atoms with E-state index in [4.69, 9.17) is 19.9 Å². The maximum Gasteiger partial charge on any atom is 0.355 e. The molecular weight excluding hydrogens is 384 g/mol. The van der Waals surface area contributed by atoms with Crippen LogP contribution in [0.15, 0.2) is 35.5 Å². The minimum absolute atomic E-state index is 0.0352. The standard InChI is InChI=1S/C19H22N2O6S/c1-10(27-11(2)22)14-9-28-18-15(20)17(23)21(18)16(14)19(24)26-8-12-4-6-13(25-3)7-5-12/h4-7,10,15,18H,8-9,20H2,1-3H3/t10?,15-,18-/m1/s1. The van der Waals surface area contributed by atoms with Gasteiger partial charge in [-0.05, 0) is 24.6 Å². The summed E-state index contributed by atoms with van der Waals surface area (Å²) in [5.74, 6) is -0.340. The molecule has 2 aliphatic heterocycles. The number of amides is 1. The molecule has 1 amide bonds. The zero-order chi connectivity index (χ0) is 20.4. The quantitative estimate of drug-likeness (QED) is 0.554. The van der Waals surface area contributed by atoms with Gasteiger partial charge in [0.25, 0.3) is 0 Å². The third kappa shape index (κ3) is 3.85. The van der Waals surface area contributed by atoms with Crippen molar-refractivity contribution in [2.45, 2.75) is 38.0 Å². The smallest absolute Gasteiger partial charge is 0.355 e. The molecule has 0 aromatic heterocycles. The Balaban J connectivity index is 1.81. The fourth-order valence-electron chi connectivity index (χ4n) is 3.10. The van der Waals surface area contributed by atoms with E-state index in [0.29, 0.717) is 17.1 Å². The number of hydrogen-bond donors (Lipinski definition) is 1. The molecule has 1 aromatic rings. The largest absolute Gasteiger partial charge is 0.497 e. The number of nitrogens with two attached hydrogens (primary N) is 1. The molecule has 0 radical (unpaired) electrons. The van der Waals surface area contributed by atoms with Crippen molar-refractivity contribution in [3.63, 3.8) is 0 Å². The lowest BCUT2D eigenvalue weighted by atomic mass is 10.0. The second-order valence-electron chi connectivity index (χ2n) is 6.49. The fourth-order valence-corrected chi connectivity index (χ4v) is 4.50. The number of hydrogen-bond acceptors (Lipinski definition) is 8. The van der Waals surface area contributed by atoms with Gasteiger partial charge in [0, 0.05) is 18.2 Å². The summed E-state index contributed by atoms with van der Waals surface area (Å²) >= 11 is 1.44. The van der Waals surface area contributed by atoms with Gasteiger partial charge in [0.1, 0.15) is 35.6 Å². The van der Waals surface area contributed by atoms with E-state index in [1.54, 1.807) is 38.3 Å². The summed E-state index contributed by atoms with van der Waals surface area (Å²) in [6.07, 6.45) is -0.654. The van der Waals surface area contributed by atoms with Crippen LogP contribution in [-0.2, 0) is 30.5 Å². The first-order chi connectivity index (χ1) is 13.3. The lowest BCUT2D eigenvalue weighted by Gasteiger charge is -2.48. The molecule has 3 atom stereocenters. The Morgan fingerprint density at radius 1 is 1.32 bits per heavy atom. The van der Waals surface area contributed by atoms with Crippen molar-refractivity contribution in [1.29, 1.82) is 0 Å². The highest BCUT2D eigenvalue weighted by molar-refractivity contribution is 8.00. The van der Waals surface area contributed by atoms with Gasteiger partial charge in [-0.2, -0.15) is 0 Å². The Morgan fingerprint density at radius 3 is 2.61 bits per heavy atom.